The third kappa shape index (κ3) is 4.27. The van der Waals surface area contributed by atoms with Gasteiger partial charge in [0, 0.05) is 18.3 Å². The second-order valence-electron chi connectivity index (χ2n) is 5.87. The minimum Gasteiger partial charge on any atom is -0.307 e. The number of halogens is 1. The summed E-state index contributed by atoms with van der Waals surface area (Å²) in [6.07, 6.45) is 11.1. The van der Waals surface area contributed by atoms with E-state index in [1.807, 2.05) is 0 Å². The van der Waals surface area contributed by atoms with E-state index in [2.05, 4.69) is 24.1 Å². The Bertz CT molecular complexity index is 386. The van der Waals surface area contributed by atoms with Crippen molar-refractivity contribution in [1.29, 1.82) is 0 Å². The van der Waals surface area contributed by atoms with E-state index in [1.54, 1.807) is 12.3 Å². The van der Waals surface area contributed by atoms with Crippen LogP contribution in [0.15, 0.2) is 18.5 Å². The molecule has 1 N–H and O–H groups in total. The predicted molar refractivity (Wildman–Crippen MR) is 76.4 cm³/mol. The molecule has 2 atom stereocenters. The van der Waals surface area contributed by atoms with Crippen molar-refractivity contribution in [3.63, 3.8) is 0 Å². The molecule has 0 aromatic carbocycles. The highest BCUT2D eigenvalue weighted by Crippen LogP contribution is 2.26. The zero-order valence-corrected chi connectivity index (χ0v) is 12.0. The highest BCUT2D eigenvalue weighted by Gasteiger charge is 2.20. The van der Waals surface area contributed by atoms with E-state index < -0.39 is 0 Å². The van der Waals surface area contributed by atoms with Gasteiger partial charge in [-0.05, 0) is 44.2 Å². The summed E-state index contributed by atoms with van der Waals surface area (Å²) in [4.78, 5) is 3.93. The van der Waals surface area contributed by atoms with Crippen LogP contribution in [0, 0.1) is 11.7 Å². The van der Waals surface area contributed by atoms with E-state index >= 15 is 0 Å². The SMILES string of the molecule is CC(N[C@@H](C)C1CCCCCC1)c1cncc(F)c1. The highest BCUT2D eigenvalue weighted by atomic mass is 19.1. The maximum Gasteiger partial charge on any atom is 0.141 e. The number of nitrogens with zero attached hydrogens (tertiary/aromatic N) is 1. The van der Waals surface area contributed by atoms with Crippen molar-refractivity contribution >= 4 is 0 Å². The van der Waals surface area contributed by atoms with Gasteiger partial charge in [-0.25, -0.2) is 4.39 Å². The number of nitrogens with one attached hydrogen (secondary N) is 1. The number of pyridine rings is 1. The standard InChI is InChI=1S/C16H25FN2/c1-12(14-7-5-3-4-6-8-14)19-13(2)15-9-16(17)11-18-10-15/h9-14,19H,3-8H2,1-2H3/t12-,13?/m0/s1. The third-order valence-electron chi connectivity index (χ3n) is 4.35. The van der Waals surface area contributed by atoms with Crippen molar-refractivity contribution in [2.75, 3.05) is 0 Å². The third-order valence-corrected chi connectivity index (χ3v) is 4.35. The fraction of sp³-hybridized carbons (Fsp3) is 0.688. The van der Waals surface area contributed by atoms with Crippen molar-refractivity contribution < 1.29 is 4.39 Å². The van der Waals surface area contributed by atoms with Gasteiger partial charge in [0.25, 0.3) is 0 Å². The van der Waals surface area contributed by atoms with Crippen molar-refractivity contribution in [3.8, 4) is 0 Å². The van der Waals surface area contributed by atoms with Crippen LogP contribution in [0.25, 0.3) is 0 Å². The molecule has 0 spiro atoms. The summed E-state index contributed by atoms with van der Waals surface area (Å²) >= 11 is 0. The second-order valence-corrected chi connectivity index (χ2v) is 5.87. The topological polar surface area (TPSA) is 24.9 Å². The van der Waals surface area contributed by atoms with Gasteiger partial charge < -0.3 is 5.32 Å². The first-order valence-electron chi connectivity index (χ1n) is 7.53. The van der Waals surface area contributed by atoms with Crippen LogP contribution in [-0.2, 0) is 0 Å². The van der Waals surface area contributed by atoms with Gasteiger partial charge in [-0.1, -0.05) is 25.7 Å². The summed E-state index contributed by atoms with van der Waals surface area (Å²) < 4.78 is 13.2. The van der Waals surface area contributed by atoms with Gasteiger partial charge in [0.15, 0.2) is 0 Å². The largest absolute Gasteiger partial charge is 0.307 e. The molecule has 1 unspecified atom stereocenters. The van der Waals surface area contributed by atoms with E-state index in [0.717, 1.165) is 11.5 Å². The van der Waals surface area contributed by atoms with Crippen LogP contribution in [-0.4, -0.2) is 11.0 Å². The Morgan fingerprint density at radius 2 is 1.84 bits per heavy atom. The van der Waals surface area contributed by atoms with Crippen LogP contribution in [0.2, 0.25) is 0 Å². The van der Waals surface area contributed by atoms with Crippen LogP contribution >= 0.6 is 0 Å². The molecule has 1 aromatic heterocycles. The van der Waals surface area contributed by atoms with E-state index in [1.165, 1.54) is 44.7 Å². The molecule has 3 heteroatoms. The molecule has 1 saturated carbocycles. The van der Waals surface area contributed by atoms with Crippen LogP contribution in [0.3, 0.4) is 0 Å². The van der Waals surface area contributed by atoms with Gasteiger partial charge in [0.1, 0.15) is 5.82 Å². The summed E-state index contributed by atoms with van der Waals surface area (Å²) in [5.74, 6) is 0.500. The Kier molecular flexibility index (Phi) is 5.32. The van der Waals surface area contributed by atoms with Gasteiger partial charge in [0.05, 0.1) is 6.20 Å². The normalized spacial score (nSPS) is 20.8. The fourth-order valence-electron chi connectivity index (χ4n) is 3.10. The molecular formula is C16H25FN2. The van der Waals surface area contributed by atoms with Crippen LogP contribution < -0.4 is 5.32 Å². The number of aromatic nitrogens is 1. The molecule has 2 rings (SSSR count). The maximum absolute atomic E-state index is 13.2. The Hall–Kier alpha value is -0.960. The van der Waals surface area contributed by atoms with Gasteiger partial charge in [-0.15, -0.1) is 0 Å². The minimum absolute atomic E-state index is 0.154. The Morgan fingerprint density at radius 3 is 2.47 bits per heavy atom. The zero-order valence-electron chi connectivity index (χ0n) is 12.0. The number of hydrogen-bond donors (Lipinski definition) is 1. The maximum atomic E-state index is 13.2. The van der Waals surface area contributed by atoms with Gasteiger partial charge >= 0.3 is 0 Å². The van der Waals surface area contributed by atoms with Crippen LogP contribution in [0.4, 0.5) is 4.39 Å². The van der Waals surface area contributed by atoms with Crippen molar-refractivity contribution in [3.05, 3.63) is 29.8 Å². The first-order valence-corrected chi connectivity index (χ1v) is 7.53. The lowest BCUT2D eigenvalue weighted by Gasteiger charge is -2.27. The lowest BCUT2D eigenvalue weighted by molar-refractivity contribution is 0.316. The highest BCUT2D eigenvalue weighted by molar-refractivity contribution is 5.14. The molecule has 0 bridgehead atoms. The molecule has 0 saturated heterocycles. The molecule has 1 aliphatic rings. The lowest BCUT2D eigenvalue weighted by Crippen LogP contribution is -2.35. The average Bonchev–Trinajstić information content (AvgIpc) is 2.67. The smallest absolute Gasteiger partial charge is 0.141 e. The fourth-order valence-corrected chi connectivity index (χ4v) is 3.10. The first kappa shape index (κ1) is 14.4. The molecular weight excluding hydrogens is 239 g/mol. The van der Waals surface area contributed by atoms with Crippen molar-refractivity contribution in [2.24, 2.45) is 5.92 Å². The van der Waals surface area contributed by atoms with E-state index in [4.69, 9.17) is 0 Å². The Labute approximate surface area is 115 Å². The minimum atomic E-state index is -0.256. The van der Waals surface area contributed by atoms with Gasteiger partial charge in [-0.3, -0.25) is 4.98 Å². The number of hydrogen-bond acceptors (Lipinski definition) is 2. The first-order chi connectivity index (χ1) is 9.16. The summed E-state index contributed by atoms with van der Waals surface area (Å²) in [5, 5.41) is 3.61. The molecule has 106 valence electrons. The molecule has 0 aliphatic heterocycles. The summed E-state index contributed by atoms with van der Waals surface area (Å²) in [6, 6.07) is 2.21. The van der Waals surface area contributed by atoms with E-state index in [9.17, 15) is 4.39 Å². The van der Waals surface area contributed by atoms with E-state index in [-0.39, 0.29) is 11.9 Å². The van der Waals surface area contributed by atoms with Crippen molar-refractivity contribution in [1.82, 2.24) is 10.3 Å². The van der Waals surface area contributed by atoms with Crippen LogP contribution in [0.1, 0.15) is 64.0 Å². The Balaban J connectivity index is 1.92. The predicted octanol–water partition coefficient (Wildman–Crippen LogP) is 4.23. The molecule has 1 heterocycles. The Morgan fingerprint density at radius 1 is 1.16 bits per heavy atom. The second kappa shape index (κ2) is 6.99. The quantitative estimate of drug-likeness (QED) is 0.823. The average molecular weight is 264 g/mol. The molecule has 0 amide bonds. The molecule has 0 radical (unpaired) electrons. The monoisotopic (exact) mass is 264 g/mol. The summed E-state index contributed by atoms with van der Waals surface area (Å²) in [7, 11) is 0. The van der Waals surface area contributed by atoms with E-state index in [0.29, 0.717) is 6.04 Å². The van der Waals surface area contributed by atoms with Gasteiger partial charge in [0.2, 0.25) is 0 Å². The summed E-state index contributed by atoms with van der Waals surface area (Å²) in [6.45, 7) is 4.35. The summed E-state index contributed by atoms with van der Waals surface area (Å²) in [5.41, 5.74) is 0.931. The van der Waals surface area contributed by atoms with Gasteiger partial charge in [-0.2, -0.15) is 0 Å². The molecule has 1 aliphatic carbocycles. The molecule has 2 nitrogen and oxygen atoms in total. The molecule has 19 heavy (non-hydrogen) atoms. The van der Waals surface area contributed by atoms with Crippen LogP contribution in [0.5, 0.6) is 0 Å². The lowest BCUT2D eigenvalue weighted by atomic mass is 9.92. The molecule has 1 fully saturated rings. The van der Waals surface area contributed by atoms with Crippen molar-refractivity contribution in [2.45, 2.75) is 64.5 Å². The zero-order chi connectivity index (χ0) is 13.7. The number of rotatable bonds is 4. The molecule has 1 aromatic rings.